The van der Waals surface area contributed by atoms with Crippen molar-refractivity contribution >= 4 is 133 Å². The first-order valence-corrected chi connectivity index (χ1v) is 33.8. The maximum atomic E-state index is 2.69. The molecule has 17 aromatic rings. The van der Waals surface area contributed by atoms with Crippen LogP contribution in [0, 0.1) is 0 Å². The van der Waals surface area contributed by atoms with Gasteiger partial charge >= 0.3 is 0 Å². The zero-order valence-corrected chi connectivity index (χ0v) is 55.3. The molecule has 5 heteroatoms. The summed E-state index contributed by atoms with van der Waals surface area (Å²) in [4.78, 5) is 5.38. The minimum atomic E-state index is -0.251. The van der Waals surface area contributed by atoms with Gasteiger partial charge in [-0.05, 0) is 180 Å². The number of fused-ring (bicyclic) bond motifs is 16. The molecule has 0 amide bonds. The van der Waals surface area contributed by atoms with Crippen LogP contribution >= 0.6 is 0 Å². The van der Waals surface area contributed by atoms with E-state index in [0.717, 1.165) is 11.4 Å². The number of rotatable bonds is 6. The molecule has 0 saturated carbocycles. The Balaban J connectivity index is 0.942. The zero-order valence-electron chi connectivity index (χ0n) is 55.3. The lowest BCUT2D eigenvalue weighted by atomic mass is 9.33. The predicted octanol–water partition coefficient (Wildman–Crippen LogP) is 22.6. The fraction of sp³-hybridized carbons (Fsp3) is 0.133. The number of hydrogen-bond acceptors (Lipinski definition) is 2. The first kappa shape index (κ1) is 55.7. The fourth-order valence-electron chi connectivity index (χ4n) is 16.6. The summed E-state index contributed by atoms with van der Waals surface area (Å²) in [6.07, 6.45) is 0. The van der Waals surface area contributed by atoms with Crippen molar-refractivity contribution in [3.05, 3.63) is 284 Å². The van der Waals surface area contributed by atoms with E-state index in [1.165, 1.54) is 177 Å². The summed E-state index contributed by atoms with van der Waals surface area (Å²) in [7, 11) is 0. The van der Waals surface area contributed by atoms with Crippen LogP contribution in [0.25, 0.3) is 121 Å². The SMILES string of the molecule is CC(C)(C)c1ccc(N2c3ccc(-c4ccccc4)cc3B3c4cc(-c5ccccc5)ccc4N(c4ccc(C(C)(C)C)cc4-c4cc5c6ccccc6n6c7ccccc7c(c4)c56)c4cc(C(C)(C)C)cc2c43)c(-c2cc3c4ccccc4n4c5ccccc5c(c2)c34)c1. The number of benzene rings is 13. The monoisotopic (exact) mass is 1220 g/mol. The van der Waals surface area contributed by atoms with Gasteiger partial charge in [-0.15, -0.1) is 0 Å². The predicted molar refractivity (Wildman–Crippen MR) is 408 cm³/mol. The number of nitrogens with zero attached hydrogens (tertiary/aromatic N) is 4. The maximum Gasteiger partial charge on any atom is 0.252 e. The van der Waals surface area contributed by atoms with Crippen LogP contribution in [0.1, 0.15) is 79.0 Å². The molecule has 0 N–H and O–H groups in total. The van der Waals surface area contributed by atoms with Crippen molar-refractivity contribution < 1.29 is 0 Å². The summed E-state index contributed by atoms with van der Waals surface area (Å²) in [5.41, 5.74) is 31.3. The second-order valence-corrected chi connectivity index (χ2v) is 30.1. The lowest BCUT2D eigenvalue weighted by Gasteiger charge is -2.46. The average Bonchev–Trinajstić information content (AvgIpc) is 1.39. The van der Waals surface area contributed by atoms with Crippen LogP contribution in [0.4, 0.5) is 34.1 Å². The maximum absolute atomic E-state index is 2.69. The quantitative estimate of drug-likeness (QED) is 0.154. The van der Waals surface area contributed by atoms with Crippen LogP contribution in [0.2, 0.25) is 0 Å². The third-order valence-corrected chi connectivity index (χ3v) is 21.4. The molecule has 2 aliphatic rings. The third kappa shape index (κ3) is 8.15. The Bertz CT molecular complexity index is 5520. The molecule has 0 aliphatic carbocycles. The van der Waals surface area contributed by atoms with Crippen molar-refractivity contribution in [1.82, 2.24) is 8.80 Å². The Kier molecular flexibility index (Phi) is 11.6. The van der Waals surface area contributed by atoms with Crippen molar-refractivity contribution in [3.63, 3.8) is 0 Å². The van der Waals surface area contributed by atoms with Crippen molar-refractivity contribution in [1.29, 1.82) is 0 Å². The van der Waals surface area contributed by atoms with E-state index in [-0.39, 0.29) is 23.0 Å². The van der Waals surface area contributed by atoms with Crippen LogP contribution in [-0.4, -0.2) is 15.5 Å². The first-order valence-electron chi connectivity index (χ1n) is 33.8. The Hall–Kier alpha value is -10.9. The highest BCUT2D eigenvalue weighted by Gasteiger charge is 2.46. The summed E-state index contributed by atoms with van der Waals surface area (Å²) in [6.45, 7) is 21.2. The number of aromatic nitrogens is 2. The summed E-state index contributed by atoms with van der Waals surface area (Å²) in [5.74, 6) is 0. The van der Waals surface area contributed by atoms with E-state index in [1.54, 1.807) is 0 Å². The molecule has 13 aromatic carbocycles. The standard InChI is InChI=1S/C90H71BN4/c1-88(2,3)60-38-42-79(67(50-60)58-44-69-63-28-16-20-32-75(63)94-76-33-21-17-29-64(76)70(45-58)86(69)94)92-81-40-36-56(54-24-12-10-13-25-54)48-73(81)91-74-49-57(55-26-14-11-15-27-55)37-41-82(74)93(84-53-62(90(7,8)9)52-83(92)85(84)91)80-43-39-61(89(4,5)6)51-68(80)59-46-71-65-30-18-22-34-77(65)95-78-35-23-19-31-66(78)72(47-59)87(71)95/h10-53H,1-9H3. The first-order chi connectivity index (χ1) is 46.0. The van der Waals surface area contributed by atoms with Gasteiger partial charge in [0.15, 0.2) is 0 Å². The molecule has 19 rings (SSSR count). The summed E-state index contributed by atoms with van der Waals surface area (Å²) in [5, 5.41) is 10.2. The van der Waals surface area contributed by atoms with Gasteiger partial charge in [-0.25, -0.2) is 0 Å². The molecular weight excluding hydrogens is 1150 g/mol. The largest absolute Gasteiger partial charge is 0.311 e. The molecule has 0 unspecified atom stereocenters. The van der Waals surface area contributed by atoms with E-state index in [9.17, 15) is 0 Å². The number of hydrogen-bond donors (Lipinski definition) is 0. The van der Waals surface area contributed by atoms with E-state index in [2.05, 4.69) is 348 Å². The third-order valence-electron chi connectivity index (χ3n) is 21.4. The highest BCUT2D eigenvalue weighted by molar-refractivity contribution is 7.00. The van der Waals surface area contributed by atoms with Gasteiger partial charge in [0, 0.05) is 77.0 Å². The zero-order chi connectivity index (χ0) is 64.1. The van der Waals surface area contributed by atoms with Crippen molar-refractivity contribution in [2.75, 3.05) is 9.80 Å². The van der Waals surface area contributed by atoms with Gasteiger partial charge in [-0.3, -0.25) is 0 Å². The van der Waals surface area contributed by atoms with Crippen LogP contribution in [-0.2, 0) is 16.2 Å². The number of para-hydroxylation sites is 4. The highest BCUT2D eigenvalue weighted by Crippen LogP contribution is 2.54. The second-order valence-electron chi connectivity index (χ2n) is 30.1. The van der Waals surface area contributed by atoms with Crippen molar-refractivity contribution in [3.8, 4) is 44.5 Å². The number of anilines is 6. The van der Waals surface area contributed by atoms with E-state index in [0.29, 0.717) is 0 Å². The molecule has 2 aliphatic heterocycles. The Morgan fingerprint density at radius 1 is 0.242 bits per heavy atom. The molecule has 95 heavy (non-hydrogen) atoms. The highest BCUT2D eigenvalue weighted by atomic mass is 15.2. The molecule has 4 nitrogen and oxygen atoms in total. The van der Waals surface area contributed by atoms with Crippen molar-refractivity contribution in [2.24, 2.45) is 0 Å². The van der Waals surface area contributed by atoms with Gasteiger partial charge in [0.25, 0.3) is 6.71 Å². The molecule has 454 valence electrons. The normalized spacial score (nSPS) is 13.5. The van der Waals surface area contributed by atoms with Crippen LogP contribution in [0.15, 0.2) is 267 Å². The van der Waals surface area contributed by atoms with Gasteiger partial charge in [-0.2, -0.15) is 0 Å². The van der Waals surface area contributed by atoms with Crippen LogP contribution in [0.5, 0.6) is 0 Å². The van der Waals surface area contributed by atoms with Gasteiger partial charge in [-0.1, -0.05) is 232 Å². The van der Waals surface area contributed by atoms with Crippen LogP contribution in [0.3, 0.4) is 0 Å². The minimum absolute atomic E-state index is 0.137. The topological polar surface area (TPSA) is 15.3 Å². The van der Waals surface area contributed by atoms with Crippen molar-refractivity contribution in [2.45, 2.75) is 78.6 Å². The molecule has 0 atom stereocenters. The molecule has 4 aromatic heterocycles. The molecule has 0 spiro atoms. The Morgan fingerprint density at radius 3 is 0.916 bits per heavy atom. The van der Waals surface area contributed by atoms with Gasteiger partial charge in [0.05, 0.1) is 44.5 Å². The molecule has 0 fully saturated rings. The lowest BCUT2D eigenvalue weighted by molar-refractivity contribution is 0.590. The average molecular weight is 1220 g/mol. The second kappa shape index (κ2) is 19.8. The molecular formula is C90H71BN4. The van der Waals surface area contributed by atoms with E-state index < -0.39 is 0 Å². The molecule has 0 radical (unpaired) electrons. The summed E-state index contributed by atoms with van der Waals surface area (Å²) >= 11 is 0. The Labute approximate surface area is 555 Å². The molecule has 0 bridgehead atoms. The molecule has 0 saturated heterocycles. The summed E-state index contributed by atoms with van der Waals surface area (Å²) in [6, 6.07) is 103. The van der Waals surface area contributed by atoms with E-state index in [4.69, 9.17) is 0 Å². The van der Waals surface area contributed by atoms with E-state index >= 15 is 0 Å². The van der Waals surface area contributed by atoms with Gasteiger partial charge < -0.3 is 18.6 Å². The Morgan fingerprint density at radius 2 is 0.568 bits per heavy atom. The lowest BCUT2D eigenvalue weighted by Crippen LogP contribution is -2.61. The smallest absolute Gasteiger partial charge is 0.252 e. The minimum Gasteiger partial charge on any atom is -0.311 e. The van der Waals surface area contributed by atoms with Gasteiger partial charge in [0.1, 0.15) is 0 Å². The fourth-order valence-corrected chi connectivity index (χ4v) is 16.6. The van der Waals surface area contributed by atoms with Crippen LogP contribution < -0.4 is 26.2 Å². The summed E-state index contributed by atoms with van der Waals surface area (Å²) < 4.78 is 5.00. The van der Waals surface area contributed by atoms with Gasteiger partial charge in [0.2, 0.25) is 0 Å². The molecule has 6 heterocycles. The van der Waals surface area contributed by atoms with E-state index in [1.807, 2.05) is 0 Å².